The fourth-order valence-electron chi connectivity index (χ4n) is 3.42. The van der Waals surface area contributed by atoms with Crippen molar-refractivity contribution >= 4 is 17.4 Å². The van der Waals surface area contributed by atoms with Gasteiger partial charge in [0, 0.05) is 12.1 Å². The van der Waals surface area contributed by atoms with Gasteiger partial charge in [-0.1, -0.05) is 84.4 Å². The number of rotatable bonds is 4. The summed E-state index contributed by atoms with van der Waals surface area (Å²) in [7, 11) is 0. The Morgan fingerprint density at radius 3 is 1.92 bits per heavy atom. The summed E-state index contributed by atoms with van der Waals surface area (Å²) in [6.45, 7) is 1.67. The summed E-state index contributed by atoms with van der Waals surface area (Å²) in [6, 6.07) is 29.3. The highest BCUT2D eigenvalue weighted by Crippen LogP contribution is 2.33. The molecular formula is C22H19ClN2. The maximum absolute atomic E-state index is 6.46. The van der Waals surface area contributed by atoms with Gasteiger partial charge in [0.2, 0.25) is 0 Å². The second kappa shape index (κ2) is 7.12. The zero-order valence-electron chi connectivity index (χ0n) is 13.8. The SMILES string of the molecule is Clc1ccccc1C1=NCCN1C(c1ccccc1)c1ccccc1. The van der Waals surface area contributed by atoms with Crippen molar-refractivity contribution in [1.82, 2.24) is 4.90 Å². The Hall–Kier alpha value is -2.58. The quantitative estimate of drug-likeness (QED) is 0.634. The molecule has 2 nitrogen and oxygen atoms in total. The molecule has 0 amide bonds. The first-order valence-corrected chi connectivity index (χ1v) is 8.88. The van der Waals surface area contributed by atoms with Crippen LogP contribution in [0, 0.1) is 0 Å². The van der Waals surface area contributed by atoms with Crippen LogP contribution in [0.4, 0.5) is 0 Å². The van der Waals surface area contributed by atoms with E-state index in [1.54, 1.807) is 0 Å². The van der Waals surface area contributed by atoms with Gasteiger partial charge in [0.05, 0.1) is 17.6 Å². The molecule has 124 valence electrons. The molecule has 0 fully saturated rings. The summed E-state index contributed by atoms with van der Waals surface area (Å²) in [4.78, 5) is 7.15. The van der Waals surface area contributed by atoms with E-state index in [1.165, 1.54) is 11.1 Å². The van der Waals surface area contributed by atoms with E-state index in [0.717, 1.165) is 29.5 Å². The van der Waals surface area contributed by atoms with Crippen LogP contribution in [0.1, 0.15) is 22.7 Å². The molecule has 0 aromatic heterocycles. The molecular weight excluding hydrogens is 328 g/mol. The number of hydrogen-bond donors (Lipinski definition) is 0. The molecule has 0 saturated heterocycles. The Morgan fingerprint density at radius 2 is 1.32 bits per heavy atom. The molecule has 0 bridgehead atoms. The predicted molar refractivity (Wildman–Crippen MR) is 104 cm³/mol. The van der Waals surface area contributed by atoms with Crippen molar-refractivity contribution in [1.29, 1.82) is 0 Å². The molecule has 0 spiro atoms. The maximum Gasteiger partial charge on any atom is 0.133 e. The zero-order chi connectivity index (χ0) is 17.1. The van der Waals surface area contributed by atoms with Crippen molar-refractivity contribution in [3.63, 3.8) is 0 Å². The lowest BCUT2D eigenvalue weighted by molar-refractivity contribution is 0.389. The number of hydrogen-bond acceptors (Lipinski definition) is 2. The lowest BCUT2D eigenvalue weighted by Crippen LogP contribution is -2.33. The van der Waals surface area contributed by atoms with Gasteiger partial charge in [-0.05, 0) is 23.3 Å². The standard InChI is InChI=1S/C22H19ClN2/c23-20-14-8-7-13-19(20)22-24-15-16-25(22)21(17-9-3-1-4-10-17)18-11-5-2-6-12-18/h1-14,21H,15-16H2. The first-order chi connectivity index (χ1) is 12.3. The summed E-state index contributed by atoms with van der Waals surface area (Å²) in [5.41, 5.74) is 3.52. The van der Waals surface area contributed by atoms with E-state index in [-0.39, 0.29) is 6.04 Å². The van der Waals surface area contributed by atoms with E-state index < -0.39 is 0 Å². The van der Waals surface area contributed by atoms with Crippen LogP contribution < -0.4 is 0 Å². The zero-order valence-corrected chi connectivity index (χ0v) is 14.6. The number of benzene rings is 3. The lowest BCUT2D eigenvalue weighted by Gasteiger charge is -2.32. The van der Waals surface area contributed by atoms with E-state index in [9.17, 15) is 0 Å². The van der Waals surface area contributed by atoms with Crippen molar-refractivity contribution in [3.05, 3.63) is 107 Å². The second-order valence-electron chi connectivity index (χ2n) is 6.10. The molecule has 3 aromatic rings. The third-order valence-electron chi connectivity index (χ3n) is 4.53. The molecule has 0 unspecified atom stereocenters. The van der Waals surface area contributed by atoms with Gasteiger partial charge < -0.3 is 4.90 Å². The molecule has 0 saturated carbocycles. The average Bonchev–Trinajstić information content (AvgIpc) is 3.13. The van der Waals surface area contributed by atoms with Crippen LogP contribution >= 0.6 is 11.6 Å². The lowest BCUT2D eigenvalue weighted by atomic mass is 9.96. The van der Waals surface area contributed by atoms with Crippen LogP contribution in [0.15, 0.2) is 89.9 Å². The summed E-state index contributed by atoms with van der Waals surface area (Å²) in [6.07, 6.45) is 0. The molecule has 0 atom stereocenters. The van der Waals surface area contributed by atoms with Gasteiger partial charge in [0.15, 0.2) is 0 Å². The number of halogens is 1. The van der Waals surface area contributed by atoms with Crippen LogP contribution in [-0.2, 0) is 0 Å². The number of nitrogens with zero attached hydrogens (tertiary/aromatic N) is 2. The van der Waals surface area contributed by atoms with Gasteiger partial charge >= 0.3 is 0 Å². The third-order valence-corrected chi connectivity index (χ3v) is 4.86. The van der Waals surface area contributed by atoms with Crippen molar-refractivity contribution < 1.29 is 0 Å². The van der Waals surface area contributed by atoms with Crippen LogP contribution in [0.3, 0.4) is 0 Å². The van der Waals surface area contributed by atoms with E-state index in [0.29, 0.717) is 0 Å². The van der Waals surface area contributed by atoms with Crippen molar-refractivity contribution in [3.8, 4) is 0 Å². The Labute approximate surface area is 153 Å². The highest BCUT2D eigenvalue weighted by molar-refractivity contribution is 6.34. The Bertz CT molecular complexity index is 835. The third kappa shape index (κ3) is 3.18. The summed E-state index contributed by atoms with van der Waals surface area (Å²) in [5, 5.41) is 0.744. The van der Waals surface area contributed by atoms with E-state index >= 15 is 0 Å². The predicted octanol–water partition coefficient (Wildman–Crippen LogP) is 5.19. The first kappa shape index (κ1) is 15.9. The highest BCUT2D eigenvalue weighted by Gasteiger charge is 2.29. The Morgan fingerprint density at radius 1 is 0.760 bits per heavy atom. The van der Waals surface area contributed by atoms with Gasteiger partial charge in [-0.25, -0.2) is 0 Å². The monoisotopic (exact) mass is 346 g/mol. The Kier molecular flexibility index (Phi) is 4.53. The summed E-state index contributed by atoms with van der Waals surface area (Å²) in [5.74, 6) is 0.975. The van der Waals surface area contributed by atoms with Gasteiger partial charge in [-0.2, -0.15) is 0 Å². The maximum atomic E-state index is 6.46. The van der Waals surface area contributed by atoms with E-state index in [2.05, 4.69) is 65.6 Å². The fraction of sp³-hybridized carbons (Fsp3) is 0.136. The van der Waals surface area contributed by atoms with Gasteiger partial charge in [0.25, 0.3) is 0 Å². The first-order valence-electron chi connectivity index (χ1n) is 8.50. The summed E-state index contributed by atoms with van der Waals surface area (Å²) >= 11 is 6.46. The second-order valence-corrected chi connectivity index (χ2v) is 6.51. The van der Waals surface area contributed by atoms with Crippen molar-refractivity contribution in [2.24, 2.45) is 4.99 Å². The molecule has 0 N–H and O–H groups in total. The van der Waals surface area contributed by atoms with Crippen LogP contribution in [0.25, 0.3) is 0 Å². The number of aliphatic imine (C=N–C) groups is 1. The van der Waals surface area contributed by atoms with Gasteiger partial charge in [0.1, 0.15) is 5.84 Å². The molecule has 25 heavy (non-hydrogen) atoms. The van der Waals surface area contributed by atoms with Crippen LogP contribution in [-0.4, -0.2) is 23.8 Å². The molecule has 0 aliphatic carbocycles. The smallest absolute Gasteiger partial charge is 0.133 e. The minimum atomic E-state index is 0.125. The Balaban J connectivity index is 1.80. The van der Waals surface area contributed by atoms with Gasteiger partial charge in [-0.15, -0.1) is 0 Å². The largest absolute Gasteiger partial charge is 0.343 e. The molecule has 1 aliphatic rings. The normalized spacial score (nSPS) is 14.0. The van der Waals surface area contributed by atoms with E-state index in [4.69, 9.17) is 16.6 Å². The molecule has 0 radical (unpaired) electrons. The molecule has 1 aliphatic heterocycles. The van der Waals surface area contributed by atoms with Crippen molar-refractivity contribution in [2.45, 2.75) is 6.04 Å². The molecule has 4 rings (SSSR count). The highest BCUT2D eigenvalue weighted by atomic mass is 35.5. The van der Waals surface area contributed by atoms with Crippen LogP contribution in [0.5, 0.6) is 0 Å². The fourth-order valence-corrected chi connectivity index (χ4v) is 3.64. The van der Waals surface area contributed by atoms with Crippen molar-refractivity contribution in [2.75, 3.05) is 13.1 Å². The van der Waals surface area contributed by atoms with Gasteiger partial charge in [-0.3, -0.25) is 4.99 Å². The minimum absolute atomic E-state index is 0.125. The van der Waals surface area contributed by atoms with E-state index in [1.807, 2.05) is 24.3 Å². The number of amidine groups is 1. The molecule has 3 aromatic carbocycles. The molecule has 3 heteroatoms. The summed E-state index contributed by atoms with van der Waals surface area (Å²) < 4.78 is 0. The topological polar surface area (TPSA) is 15.6 Å². The van der Waals surface area contributed by atoms with Crippen LogP contribution in [0.2, 0.25) is 5.02 Å². The minimum Gasteiger partial charge on any atom is -0.343 e. The molecule has 1 heterocycles. The average molecular weight is 347 g/mol.